The Hall–Kier alpha value is -1.47. The van der Waals surface area contributed by atoms with Crippen molar-refractivity contribution in [3.8, 4) is 5.88 Å². The zero-order valence-corrected chi connectivity index (χ0v) is 11.5. The third-order valence-electron chi connectivity index (χ3n) is 4.04. The molecule has 0 saturated carbocycles. The van der Waals surface area contributed by atoms with E-state index < -0.39 is 11.9 Å². The monoisotopic (exact) mass is 282 g/mol. The van der Waals surface area contributed by atoms with Crippen molar-refractivity contribution in [2.45, 2.75) is 25.0 Å². The molecule has 0 unspecified atom stereocenters. The van der Waals surface area contributed by atoms with Crippen LogP contribution >= 0.6 is 0 Å². The number of anilines is 1. The maximum atomic E-state index is 13.3. The molecule has 3 heterocycles. The molecule has 2 fully saturated rings. The zero-order chi connectivity index (χ0) is 14.1. The highest BCUT2D eigenvalue weighted by atomic mass is 19.1. The fraction of sp³-hybridized carbons (Fsp3) is 0.692. The number of β-amino-alcohol motifs (C(OH)–C–C–N with tert-alkyl or cyclic N) is 1. The average Bonchev–Trinajstić information content (AvgIpc) is 3.08. The lowest BCUT2D eigenvalue weighted by molar-refractivity contribution is 0.0986. The van der Waals surface area contributed by atoms with E-state index in [0.29, 0.717) is 19.0 Å². The van der Waals surface area contributed by atoms with Crippen LogP contribution in [0, 0.1) is 5.82 Å². The third kappa shape index (κ3) is 2.43. The predicted molar refractivity (Wildman–Crippen MR) is 71.4 cm³/mol. The van der Waals surface area contributed by atoms with E-state index in [9.17, 15) is 9.50 Å². The van der Waals surface area contributed by atoms with Gasteiger partial charge in [-0.1, -0.05) is 0 Å². The molecule has 0 spiro atoms. The van der Waals surface area contributed by atoms with Crippen LogP contribution in [0.2, 0.25) is 0 Å². The maximum absolute atomic E-state index is 13.3. The molecule has 0 bridgehead atoms. The second-order valence-electron chi connectivity index (χ2n) is 5.31. The highest BCUT2D eigenvalue weighted by molar-refractivity contribution is 5.35. The summed E-state index contributed by atoms with van der Waals surface area (Å²) >= 11 is 0. The summed E-state index contributed by atoms with van der Waals surface area (Å²) in [5.41, 5.74) is 0. The number of hydrogen-bond acceptors (Lipinski definition) is 6. The first-order valence-electron chi connectivity index (χ1n) is 6.92. The number of likely N-dealkylation sites (tertiary alicyclic amines) is 1. The van der Waals surface area contributed by atoms with Gasteiger partial charge in [-0.15, -0.1) is 0 Å². The summed E-state index contributed by atoms with van der Waals surface area (Å²) in [6, 6.07) is 0.108. The first-order chi connectivity index (χ1) is 9.69. The largest absolute Gasteiger partial charge is 0.479 e. The minimum absolute atomic E-state index is 0.0610. The number of aliphatic hydroxyl groups excluding tert-OH is 1. The lowest BCUT2D eigenvalue weighted by atomic mass is 10.2. The van der Waals surface area contributed by atoms with Gasteiger partial charge in [0.05, 0.1) is 25.5 Å². The summed E-state index contributed by atoms with van der Waals surface area (Å²) in [6.07, 6.45) is 3.05. The van der Waals surface area contributed by atoms with Gasteiger partial charge in [-0.3, -0.25) is 4.90 Å². The van der Waals surface area contributed by atoms with Crippen molar-refractivity contribution in [3.05, 3.63) is 12.0 Å². The Morgan fingerprint density at radius 3 is 2.80 bits per heavy atom. The van der Waals surface area contributed by atoms with Crippen molar-refractivity contribution in [2.75, 3.05) is 38.2 Å². The van der Waals surface area contributed by atoms with Crippen molar-refractivity contribution in [1.29, 1.82) is 0 Å². The van der Waals surface area contributed by atoms with Crippen LogP contribution in [0.4, 0.5) is 10.3 Å². The Kier molecular flexibility index (Phi) is 3.71. The molecular formula is C13H19FN4O2. The van der Waals surface area contributed by atoms with Gasteiger partial charge in [-0.25, -0.2) is 4.98 Å². The zero-order valence-electron chi connectivity index (χ0n) is 11.5. The van der Waals surface area contributed by atoms with Crippen molar-refractivity contribution >= 4 is 5.95 Å². The van der Waals surface area contributed by atoms with E-state index in [2.05, 4.69) is 14.9 Å². The van der Waals surface area contributed by atoms with E-state index in [4.69, 9.17) is 4.74 Å². The molecule has 2 aliphatic rings. The lowest BCUT2D eigenvalue weighted by Crippen LogP contribution is -2.41. The van der Waals surface area contributed by atoms with E-state index in [-0.39, 0.29) is 11.9 Å². The Morgan fingerprint density at radius 2 is 2.10 bits per heavy atom. The number of ether oxygens (including phenoxy) is 1. The number of hydrogen-bond donors (Lipinski definition) is 1. The summed E-state index contributed by atoms with van der Waals surface area (Å²) in [5.74, 6) is -0.231. The molecule has 1 aromatic heterocycles. The number of halogens is 1. The number of aromatic nitrogens is 2. The Labute approximate surface area is 117 Å². The Bertz CT molecular complexity index is 481. The molecule has 1 aromatic rings. The predicted octanol–water partition coefficient (Wildman–Crippen LogP) is 0.270. The molecule has 3 rings (SSSR count). The Balaban J connectivity index is 1.75. The van der Waals surface area contributed by atoms with Crippen molar-refractivity contribution < 1.29 is 14.2 Å². The fourth-order valence-corrected chi connectivity index (χ4v) is 3.00. The second-order valence-corrected chi connectivity index (χ2v) is 5.31. The molecule has 1 N–H and O–H groups in total. The van der Waals surface area contributed by atoms with E-state index in [1.165, 1.54) is 20.0 Å². The molecule has 0 aliphatic carbocycles. The van der Waals surface area contributed by atoms with Gasteiger partial charge in [0.1, 0.15) is 0 Å². The van der Waals surface area contributed by atoms with E-state index in [0.717, 1.165) is 19.3 Å². The topological polar surface area (TPSA) is 61.7 Å². The molecule has 20 heavy (non-hydrogen) atoms. The number of methoxy groups -OCH3 is 1. The smallest absolute Gasteiger partial charge is 0.255 e. The van der Waals surface area contributed by atoms with Crippen LogP contribution in [0.15, 0.2) is 6.20 Å². The SMILES string of the molecule is COc1nc(N2C[C@H](O)[C@@H](N3CCCC3)C2)ncc1F. The van der Waals surface area contributed by atoms with Crippen LogP contribution in [-0.4, -0.2) is 65.4 Å². The summed E-state index contributed by atoms with van der Waals surface area (Å²) in [5, 5.41) is 10.2. The van der Waals surface area contributed by atoms with E-state index >= 15 is 0 Å². The minimum atomic E-state index is -0.577. The number of rotatable bonds is 3. The molecule has 0 aromatic carbocycles. The molecule has 2 atom stereocenters. The van der Waals surface area contributed by atoms with Crippen molar-refractivity contribution in [3.63, 3.8) is 0 Å². The molecule has 110 valence electrons. The van der Waals surface area contributed by atoms with Gasteiger partial charge >= 0.3 is 0 Å². The van der Waals surface area contributed by atoms with Crippen LogP contribution in [-0.2, 0) is 0 Å². The van der Waals surface area contributed by atoms with Gasteiger partial charge in [-0.2, -0.15) is 9.37 Å². The first kappa shape index (κ1) is 13.5. The Morgan fingerprint density at radius 1 is 1.35 bits per heavy atom. The van der Waals surface area contributed by atoms with Crippen LogP contribution in [0.3, 0.4) is 0 Å². The summed E-state index contributed by atoms with van der Waals surface area (Å²) in [7, 11) is 1.38. The van der Waals surface area contributed by atoms with Gasteiger partial charge < -0.3 is 14.7 Å². The second kappa shape index (κ2) is 5.49. The molecule has 0 amide bonds. The molecule has 7 heteroatoms. The number of nitrogens with zero attached hydrogens (tertiary/aromatic N) is 4. The van der Waals surface area contributed by atoms with Crippen LogP contribution in [0.25, 0.3) is 0 Å². The highest BCUT2D eigenvalue weighted by Crippen LogP contribution is 2.25. The van der Waals surface area contributed by atoms with Gasteiger partial charge in [0.25, 0.3) is 5.88 Å². The normalized spacial score (nSPS) is 27.2. The van der Waals surface area contributed by atoms with Crippen LogP contribution < -0.4 is 9.64 Å². The highest BCUT2D eigenvalue weighted by Gasteiger charge is 2.37. The van der Waals surface area contributed by atoms with Gasteiger partial charge in [0.2, 0.25) is 11.8 Å². The lowest BCUT2D eigenvalue weighted by Gasteiger charge is -2.25. The molecule has 2 aliphatic heterocycles. The summed E-state index contributed by atoms with van der Waals surface area (Å²) < 4.78 is 18.2. The third-order valence-corrected chi connectivity index (χ3v) is 4.04. The quantitative estimate of drug-likeness (QED) is 0.858. The van der Waals surface area contributed by atoms with Crippen LogP contribution in [0.1, 0.15) is 12.8 Å². The average molecular weight is 282 g/mol. The molecular weight excluding hydrogens is 263 g/mol. The summed E-state index contributed by atoms with van der Waals surface area (Å²) in [4.78, 5) is 12.2. The fourth-order valence-electron chi connectivity index (χ4n) is 3.00. The van der Waals surface area contributed by atoms with Gasteiger partial charge in [0.15, 0.2) is 0 Å². The molecule has 0 radical (unpaired) electrons. The van der Waals surface area contributed by atoms with E-state index in [1.54, 1.807) is 0 Å². The first-order valence-corrected chi connectivity index (χ1v) is 6.92. The minimum Gasteiger partial charge on any atom is -0.479 e. The van der Waals surface area contributed by atoms with Gasteiger partial charge in [-0.05, 0) is 25.9 Å². The summed E-state index contributed by atoms with van der Waals surface area (Å²) in [6.45, 7) is 3.19. The van der Waals surface area contributed by atoms with Crippen molar-refractivity contribution in [1.82, 2.24) is 14.9 Å². The maximum Gasteiger partial charge on any atom is 0.255 e. The molecule has 2 saturated heterocycles. The van der Waals surface area contributed by atoms with Crippen LogP contribution in [0.5, 0.6) is 5.88 Å². The van der Waals surface area contributed by atoms with E-state index in [1.807, 2.05) is 4.90 Å². The standard InChI is InChI=1S/C13H19FN4O2/c1-20-12-9(14)6-15-13(16-12)18-7-10(11(19)8-18)17-4-2-3-5-17/h6,10-11,19H,2-5,7-8H2,1H3/t10-,11-/m0/s1. The number of aliphatic hydroxyl groups is 1. The van der Waals surface area contributed by atoms with Crippen molar-refractivity contribution in [2.24, 2.45) is 0 Å². The van der Waals surface area contributed by atoms with Gasteiger partial charge in [0, 0.05) is 13.1 Å². The molecule has 6 nitrogen and oxygen atoms in total.